The van der Waals surface area contributed by atoms with Crippen molar-refractivity contribution in [1.29, 1.82) is 0 Å². The van der Waals surface area contributed by atoms with E-state index in [2.05, 4.69) is 5.32 Å². The summed E-state index contributed by atoms with van der Waals surface area (Å²) in [7, 11) is -3.61. The van der Waals surface area contributed by atoms with Gasteiger partial charge in [-0.1, -0.05) is 50.1 Å². The standard InChI is InChI=1S/C30H41N3O6S/c1-3-26(30(35)31-24-12-7-8-13-24)32(19-17-23-10-5-4-6-11-23)29(34)14-9-18-33(40(2,36)37)25-15-16-27-28(22-25)39-21-20-38-27/h4-6,10-11,15-16,22,24,26H,3,7-9,12-14,17-21H2,1-2H3,(H,31,35). The van der Waals surface area contributed by atoms with Crippen LogP contribution in [0.1, 0.15) is 57.4 Å². The number of anilines is 1. The highest BCUT2D eigenvalue weighted by Crippen LogP contribution is 2.34. The first kappa shape index (κ1) is 29.7. The first-order valence-electron chi connectivity index (χ1n) is 14.3. The molecule has 0 bridgehead atoms. The molecule has 2 aromatic rings. The smallest absolute Gasteiger partial charge is 0.243 e. The van der Waals surface area contributed by atoms with Crippen molar-refractivity contribution in [3.8, 4) is 11.5 Å². The maximum Gasteiger partial charge on any atom is 0.243 e. The number of carbonyl (C=O) groups excluding carboxylic acids is 2. The number of amides is 2. The molecule has 218 valence electrons. The number of benzene rings is 2. The molecule has 0 radical (unpaired) electrons. The Morgan fingerprint density at radius 2 is 1.70 bits per heavy atom. The van der Waals surface area contributed by atoms with E-state index in [4.69, 9.17) is 9.47 Å². The predicted octanol–water partition coefficient (Wildman–Crippen LogP) is 3.91. The molecule has 0 spiro atoms. The molecule has 1 unspecified atom stereocenters. The van der Waals surface area contributed by atoms with E-state index in [1.54, 1.807) is 23.1 Å². The minimum absolute atomic E-state index is 0.107. The summed E-state index contributed by atoms with van der Waals surface area (Å²) < 4.78 is 37.8. The maximum atomic E-state index is 13.6. The van der Waals surface area contributed by atoms with Gasteiger partial charge in [-0.25, -0.2) is 8.42 Å². The Hall–Kier alpha value is -3.27. The monoisotopic (exact) mass is 571 g/mol. The van der Waals surface area contributed by atoms with Gasteiger partial charge >= 0.3 is 0 Å². The van der Waals surface area contributed by atoms with Crippen LogP contribution >= 0.6 is 0 Å². The minimum atomic E-state index is -3.61. The summed E-state index contributed by atoms with van der Waals surface area (Å²) in [5, 5.41) is 3.16. The van der Waals surface area contributed by atoms with E-state index in [0.717, 1.165) is 37.5 Å². The van der Waals surface area contributed by atoms with Gasteiger partial charge in [0.15, 0.2) is 11.5 Å². The van der Waals surface area contributed by atoms with E-state index in [-0.39, 0.29) is 30.8 Å². The van der Waals surface area contributed by atoms with E-state index >= 15 is 0 Å². The van der Waals surface area contributed by atoms with E-state index in [9.17, 15) is 18.0 Å². The summed E-state index contributed by atoms with van der Waals surface area (Å²) >= 11 is 0. The largest absolute Gasteiger partial charge is 0.486 e. The number of ether oxygens (including phenoxy) is 2. The number of carbonyl (C=O) groups is 2. The fourth-order valence-electron chi connectivity index (χ4n) is 5.45. The van der Waals surface area contributed by atoms with Crippen molar-refractivity contribution in [2.75, 3.05) is 36.9 Å². The number of fused-ring (bicyclic) bond motifs is 1. The molecule has 1 fully saturated rings. The number of sulfonamides is 1. The van der Waals surface area contributed by atoms with Gasteiger partial charge in [-0.15, -0.1) is 0 Å². The van der Waals surface area contributed by atoms with Crippen LogP contribution in [0.4, 0.5) is 5.69 Å². The maximum absolute atomic E-state index is 13.6. The minimum Gasteiger partial charge on any atom is -0.486 e. The zero-order valence-electron chi connectivity index (χ0n) is 23.5. The predicted molar refractivity (Wildman–Crippen MR) is 155 cm³/mol. The summed E-state index contributed by atoms with van der Waals surface area (Å²) in [4.78, 5) is 28.6. The van der Waals surface area contributed by atoms with Gasteiger partial charge in [0.1, 0.15) is 19.3 Å². The summed E-state index contributed by atoms with van der Waals surface area (Å²) in [5.74, 6) is 0.818. The van der Waals surface area contributed by atoms with Crippen LogP contribution in [0, 0.1) is 0 Å². The zero-order chi connectivity index (χ0) is 28.5. The third-order valence-corrected chi connectivity index (χ3v) is 8.73. The summed E-state index contributed by atoms with van der Waals surface area (Å²) in [6.45, 7) is 3.31. The quantitative estimate of drug-likeness (QED) is 0.391. The van der Waals surface area contributed by atoms with E-state index in [1.807, 2.05) is 37.3 Å². The average molecular weight is 572 g/mol. The molecule has 4 rings (SSSR count). The Bertz CT molecular complexity index is 1250. The molecular weight excluding hydrogens is 530 g/mol. The molecule has 0 saturated heterocycles. The molecule has 9 nitrogen and oxygen atoms in total. The van der Waals surface area contributed by atoms with Crippen molar-refractivity contribution in [3.63, 3.8) is 0 Å². The van der Waals surface area contributed by atoms with Crippen LogP contribution in [-0.2, 0) is 26.0 Å². The molecule has 1 heterocycles. The topological polar surface area (TPSA) is 105 Å². The SMILES string of the molecule is CCC(C(=O)NC1CCCC1)N(CCc1ccccc1)C(=O)CCCN(c1ccc2c(c1)OCCO2)S(C)(=O)=O. The van der Waals surface area contributed by atoms with Crippen LogP contribution in [-0.4, -0.2) is 69.8 Å². The van der Waals surface area contributed by atoms with Gasteiger partial charge in [0.25, 0.3) is 0 Å². The molecule has 0 aromatic heterocycles. The first-order chi connectivity index (χ1) is 19.3. The third-order valence-electron chi connectivity index (χ3n) is 7.54. The number of hydrogen-bond acceptors (Lipinski definition) is 6. The van der Waals surface area contributed by atoms with Crippen molar-refractivity contribution in [3.05, 3.63) is 54.1 Å². The van der Waals surface area contributed by atoms with E-state index < -0.39 is 16.1 Å². The van der Waals surface area contributed by atoms with E-state index in [1.165, 1.54) is 4.31 Å². The molecule has 1 saturated carbocycles. The fraction of sp³-hybridized carbons (Fsp3) is 0.533. The average Bonchev–Trinajstić information content (AvgIpc) is 3.45. The van der Waals surface area contributed by atoms with Gasteiger partial charge in [-0.05, 0) is 49.8 Å². The second-order valence-electron chi connectivity index (χ2n) is 10.5. The van der Waals surface area contributed by atoms with Crippen molar-refractivity contribution in [2.45, 2.75) is 70.4 Å². The number of hydrogen-bond donors (Lipinski definition) is 1. The van der Waals surface area contributed by atoms with E-state index in [0.29, 0.717) is 56.2 Å². The molecule has 1 N–H and O–H groups in total. The van der Waals surface area contributed by atoms with Crippen LogP contribution in [0.3, 0.4) is 0 Å². The number of rotatable bonds is 13. The fourth-order valence-corrected chi connectivity index (χ4v) is 6.41. The second kappa shape index (κ2) is 13.9. The molecule has 1 aliphatic carbocycles. The third kappa shape index (κ3) is 7.90. The Morgan fingerprint density at radius 3 is 2.38 bits per heavy atom. The molecule has 40 heavy (non-hydrogen) atoms. The summed E-state index contributed by atoms with van der Waals surface area (Å²) in [5.41, 5.74) is 1.55. The summed E-state index contributed by atoms with van der Waals surface area (Å²) in [6, 6.07) is 14.5. The van der Waals surface area contributed by atoms with Gasteiger partial charge in [-0.3, -0.25) is 13.9 Å². The van der Waals surface area contributed by atoms with Gasteiger partial charge < -0.3 is 19.7 Å². The molecule has 1 aliphatic heterocycles. The second-order valence-corrected chi connectivity index (χ2v) is 12.4. The molecule has 2 aromatic carbocycles. The lowest BCUT2D eigenvalue weighted by Crippen LogP contribution is -2.52. The molecule has 1 atom stereocenters. The van der Waals surface area contributed by atoms with Crippen LogP contribution in [0.15, 0.2) is 48.5 Å². The van der Waals surface area contributed by atoms with Gasteiger partial charge in [0.2, 0.25) is 21.8 Å². The Balaban J connectivity index is 1.45. The molecule has 10 heteroatoms. The molecular formula is C30H41N3O6S. The highest BCUT2D eigenvalue weighted by molar-refractivity contribution is 7.92. The van der Waals surface area contributed by atoms with Gasteiger partial charge in [0, 0.05) is 31.6 Å². The lowest BCUT2D eigenvalue weighted by Gasteiger charge is -2.32. The van der Waals surface area contributed by atoms with Crippen LogP contribution in [0.5, 0.6) is 11.5 Å². The van der Waals surface area contributed by atoms with Crippen molar-refractivity contribution in [2.24, 2.45) is 0 Å². The lowest BCUT2D eigenvalue weighted by molar-refractivity contribution is -0.141. The van der Waals surface area contributed by atoms with Gasteiger partial charge in [0.05, 0.1) is 11.9 Å². The van der Waals surface area contributed by atoms with Gasteiger partial charge in [-0.2, -0.15) is 0 Å². The van der Waals surface area contributed by atoms with Crippen molar-refractivity contribution >= 4 is 27.5 Å². The number of nitrogens with zero attached hydrogens (tertiary/aromatic N) is 2. The van der Waals surface area contributed by atoms with Crippen molar-refractivity contribution < 1.29 is 27.5 Å². The Morgan fingerprint density at radius 1 is 1.00 bits per heavy atom. The summed E-state index contributed by atoms with van der Waals surface area (Å²) in [6.07, 6.45) is 6.89. The molecule has 2 amide bonds. The highest BCUT2D eigenvalue weighted by atomic mass is 32.2. The molecule has 2 aliphatic rings. The van der Waals surface area contributed by atoms with Crippen LogP contribution < -0.4 is 19.1 Å². The van der Waals surface area contributed by atoms with Crippen LogP contribution in [0.25, 0.3) is 0 Å². The zero-order valence-corrected chi connectivity index (χ0v) is 24.3. The number of nitrogens with one attached hydrogen (secondary N) is 1. The lowest BCUT2D eigenvalue weighted by atomic mass is 10.1. The Kier molecular flexibility index (Phi) is 10.3. The highest BCUT2D eigenvalue weighted by Gasteiger charge is 2.30. The first-order valence-corrected chi connectivity index (χ1v) is 16.1. The van der Waals surface area contributed by atoms with Crippen molar-refractivity contribution in [1.82, 2.24) is 10.2 Å². The van der Waals surface area contributed by atoms with Crippen LogP contribution in [0.2, 0.25) is 0 Å². The Labute approximate surface area is 237 Å². The normalized spacial score (nSPS) is 15.8.